The molecule has 1 aliphatic rings. The Morgan fingerprint density at radius 2 is 2.53 bits per heavy atom. The number of rotatable bonds is 6. The molecule has 0 spiro atoms. The summed E-state index contributed by atoms with van der Waals surface area (Å²) in [6, 6.07) is 0. The maximum absolute atomic E-state index is 11.1. The van der Waals surface area contributed by atoms with Gasteiger partial charge >= 0.3 is 0 Å². The van der Waals surface area contributed by atoms with Gasteiger partial charge in [-0.2, -0.15) is 0 Å². The molecule has 0 radical (unpaired) electrons. The van der Waals surface area contributed by atoms with Crippen molar-refractivity contribution in [3.8, 4) is 0 Å². The zero-order valence-electron chi connectivity index (χ0n) is 9.25. The molecule has 1 rings (SSSR count). The van der Waals surface area contributed by atoms with Gasteiger partial charge in [-0.15, -0.1) is 0 Å². The first kappa shape index (κ1) is 12.4. The van der Waals surface area contributed by atoms with Gasteiger partial charge in [-0.25, -0.2) is 0 Å². The van der Waals surface area contributed by atoms with Gasteiger partial charge in [0.25, 0.3) is 0 Å². The number of nitrogens with one attached hydrogen (secondary N) is 2. The maximum atomic E-state index is 11.1. The summed E-state index contributed by atoms with van der Waals surface area (Å²) in [5.41, 5.74) is 0. The molecule has 15 heavy (non-hydrogen) atoms. The molecule has 0 aromatic carbocycles. The molecule has 1 unspecified atom stereocenters. The lowest BCUT2D eigenvalue weighted by molar-refractivity contribution is -0.122. The minimum absolute atomic E-state index is 0.0418. The Hall–Kier alpha value is -0.650. The molecule has 1 saturated heterocycles. The molecule has 0 aliphatic carbocycles. The Labute approximate surface area is 90.5 Å². The van der Waals surface area contributed by atoms with Crippen LogP contribution in [0, 0.1) is 0 Å². The van der Waals surface area contributed by atoms with Gasteiger partial charge in [0.2, 0.25) is 5.91 Å². The van der Waals surface area contributed by atoms with Crippen LogP contribution in [0.4, 0.5) is 0 Å². The van der Waals surface area contributed by atoms with Crippen molar-refractivity contribution in [2.24, 2.45) is 0 Å². The van der Waals surface area contributed by atoms with Gasteiger partial charge in [-0.05, 0) is 6.92 Å². The fourth-order valence-electron chi connectivity index (χ4n) is 1.39. The van der Waals surface area contributed by atoms with E-state index in [1.807, 2.05) is 6.92 Å². The van der Waals surface area contributed by atoms with Crippen LogP contribution in [0.3, 0.4) is 0 Å². The second-order valence-corrected chi connectivity index (χ2v) is 3.48. The number of carbonyl (C=O) groups is 1. The van der Waals surface area contributed by atoms with Crippen LogP contribution in [0.1, 0.15) is 13.3 Å². The summed E-state index contributed by atoms with van der Waals surface area (Å²) < 4.78 is 10.8. The van der Waals surface area contributed by atoms with Gasteiger partial charge in [-0.3, -0.25) is 4.79 Å². The number of amides is 1. The highest BCUT2D eigenvalue weighted by molar-refractivity contribution is 5.75. The van der Waals surface area contributed by atoms with Gasteiger partial charge in [0.05, 0.1) is 25.9 Å². The second-order valence-electron chi connectivity index (χ2n) is 3.48. The normalized spacial score (nSPS) is 21.3. The third kappa shape index (κ3) is 5.71. The number of carbonyl (C=O) groups excluding carboxylic acids is 1. The van der Waals surface area contributed by atoms with Crippen molar-refractivity contribution >= 4 is 5.91 Å². The SMILES string of the molecule is CCNC(=O)CCOCC1CNCCO1. The quantitative estimate of drug-likeness (QED) is 0.589. The average molecular weight is 216 g/mol. The number of hydrogen-bond acceptors (Lipinski definition) is 4. The Balaban J connectivity index is 1.93. The van der Waals surface area contributed by atoms with E-state index in [1.165, 1.54) is 0 Å². The standard InChI is InChI=1S/C10H20N2O3/c1-2-12-10(13)3-5-14-8-9-7-11-4-6-15-9/h9,11H,2-8H2,1H3,(H,12,13). The van der Waals surface area contributed by atoms with E-state index in [-0.39, 0.29) is 12.0 Å². The Morgan fingerprint density at radius 3 is 3.20 bits per heavy atom. The zero-order valence-corrected chi connectivity index (χ0v) is 9.25. The molecule has 0 bridgehead atoms. The first-order valence-electron chi connectivity index (χ1n) is 5.49. The predicted octanol–water partition coefficient (Wildman–Crippen LogP) is -0.482. The van der Waals surface area contributed by atoms with Crippen molar-refractivity contribution in [2.45, 2.75) is 19.4 Å². The molecule has 1 amide bonds. The van der Waals surface area contributed by atoms with Gasteiger partial charge in [-0.1, -0.05) is 0 Å². The Kier molecular flexibility index (Phi) is 6.31. The van der Waals surface area contributed by atoms with E-state index in [9.17, 15) is 4.79 Å². The lowest BCUT2D eigenvalue weighted by Gasteiger charge is -2.23. The van der Waals surface area contributed by atoms with Crippen molar-refractivity contribution in [1.29, 1.82) is 0 Å². The highest BCUT2D eigenvalue weighted by atomic mass is 16.5. The van der Waals surface area contributed by atoms with Gasteiger partial charge in [0.15, 0.2) is 0 Å². The minimum atomic E-state index is 0.0418. The molecule has 0 saturated carbocycles. The number of morpholine rings is 1. The summed E-state index contributed by atoms with van der Waals surface area (Å²) in [5.74, 6) is 0.0418. The van der Waals surface area contributed by atoms with E-state index in [4.69, 9.17) is 9.47 Å². The largest absolute Gasteiger partial charge is 0.378 e. The summed E-state index contributed by atoms with van der Waals surface area (Å²) in [7, 11) is 0. The average Bonchev–Trinajstić information content (AvgIpc) is 2.26. The molecular weight excluding hydrogens is 196 g/mol. The fraction of sp³-hybridized carbons (Fsp3) is 0.900. The van der Waals surface area contributed by atoms with Crippen LogP contribution in [0.2, 0.25) is 0 Å². The van der Waals surface area contributed by atoms with Crippen LogP contribution in [0.15, 0.2) is 0 Å². The van der Waals surface area contributed by atoms with Crippen LogP contribution in [0.25, 0.3) is 0 Å². The smallest absolute Gasteiger partial charge is 0.222 e. The molecule has 5 heteroatoms. The van der Waals surface area contributed by atoms with Crippen molar-refractivity contribution in [3.63, 3.8) is 0 Å². The van der Waals surface area contributed by atoms with Gasteiger partial charge < -0.3 is 20.1 Å². The van der Waals surface area contributed by atoms with E-state index in [0.29, 0.717) is 26.2 Å². The summed E-state index contributed by atoms with van der Waals surface area (Å²) in [4.78, 5) is 11.1. The van der Waals surface area contributed by atoms with Crippen molar-refractivity contribution < 1.29 is 14.3 Å². The predicted molar refractivity (Wildman–Crippen MR) is 56.7 cm³/mol. The lowest BCUT2D eigenvalue weighted by Crippen LogP contribution is -2.41. The first-order chi connectivity index (χ1) is 7.33. The van der Waals surface area contributed by atoms with Crippen molar-refractivity contribution in [1.82, 2.24) is 10.6 Å². The molecular formula is C10H20N2O3. The minimum Gasteiger partial charge on any atom is -0.378 e. The maximum Gasteiger partial charge on any atom is 0.222 e. The third-order valence-corrected chi connectivity index (χ3v) is 2.16. The van der Waals surface area contributed by atoms with Crippen LogP contribution < -0.4 is 10.6 Å². The molecule has 5 nitrogen and oxygen atoms in total. The number of hydrogen-bond donors (Lipinski definition) is 2. The molecule has 0 aromatic rings. The lowest BCUT2D eigenvalue weighted by atomic mass is 10.3. The zero-order chi connectivity index (χ0) is 10.9. The van der Waals surface area contributed by atoms with Crippen LogP contribution >= 0.6 is 0 Å². The summed E-state index contributed by atoms with van der Waals surface area (Å²) in [5, 5.41) is 5.94. The van der Waals surface area contributed by atoms with Crippen LogP contribution in [-0.4, -0.2) is 51.5 Å². The monoisotopic (exact) mass is 216 g/mol. The molecule has 1 fully saturated rings. The Morgan fingerprint density at radius 1 is 1.67 bits per heavy atom. The Bertz CT molecular complexity index is 182. The highest BCUT2D eigenvalue weighted by Crippen LogP contribution is 1.97. The molecule has 1 heterocycles. The number of ether oxygens (including phenoxy) is 2. The van der Waals surface area contributed by atoms with Gasteiger partial charge in [0, 0.05) is 26.1 Å². The van der Waals surface area contributed by atoms with E-state index < -0.39 is 0 Å². The van der Waals surface area contributed by atoms with E-state index in [2.05, 4.69) is 10.6 Å². The fourth-order valence-corrected chi connectivity index (χ4v) is 1.39. The van der Waals surface area contributed by atoms with Crippen LogP contribution in [0.5, 0.6) is 0 Å². The topological polar surface area (TPSA) is 59.6 Å². The van der Waals surface area contributed by atoms with E-state index in [1.54, 1.807) is 0 Å². The van der Waals surface area contributed by atoms with E-state index in [0.717, 1.165) is 19.7 Å². The summed E-state index contributed by atoms with van der Waals surface area (Å²) >= 11 is 0. The third-order valence-electron chi connectivity index (χ3n) is 2.16. The molecule has 88 valence electrons. The first-order valence-corrected chi connectivity index (χ1v) is 5.49. The summed E-state index contributed by atoms with van der Waals surface area (Å²) in [6.45, 7) is 6.09. The highest BCUT2D eigenvalue weighted by Gasteiger charge is 2.13. The molecule has 1 aliphatic heterocycles. The molecule has 0 aromatic heterocycles. The van der Waals surface area contributed by atoms with E-state index >= 15 is 0 Å². The van der Waals surface area contributed by atoms with Crippen molar-refractivity contribution in [3.05, 3.63) is 0 Å². The van der Waals surface area contributed by atoms with Crippen LogP contribution in [-0.2, 0) is 14.3 Å². The second kappa shape index (κ2) is 7.62. The summed E-state index contributed by atoms with van der Waals surface area (Å²) in [6.07, 6.45) is 0.557. The van der Waals surface area contributed by atoms with Crippen molar-refractivity contribution in [2.75, 3.05) is 39.5 Å². The molecule has 2 N–H and O–H groups in total. The van der Waals surface area contributed by atoms with Gasteiger partial charge in [0.1, 0.15) is 0 Å². The molecule has 1 atom stereocenters.